The molecule has 0 saturated heterocycles. The summed E-state index contributed by atoms with van der Waals surface area (Å²) in [5.74, 6) is 0.887. The van der Waals surface area contributed by atoms with Gasteiger partial charge in [-0.15, -0.1) is 0 Å². The molecule has 68 valence electrons. The zero-order valence-electron chi connectivity index (χ0n) is 8.50. The Bertz CT molecular complexity index is 276. The lowest BCUT2D eigenvalue weighted by molar-refractivity contribution is 0.373. The highest BCUT2D eigenvalue weighted by atomic mass is 16.5. The molecule has 0 fully saturated rings. The molecule has 1 aromatic rings. The molecule has 0 amide bonds. The molecule has 0 bridgehead atoms. The van der Waals surface area contributed by atoms with Gasteiger partial charge in [0.2, 0.25) is 0 Å². The zero-order chi connectivity index (χ0) is 9.90. The number of ether oxygens (including phenoxy) is 1. The van der Waals surface area contributed by atoms with Crippen LogP contribution in [0.15, 0.2) is 24.3 Å². The van der Waals surface area contributed by atoms with E-state index >= 15 is 0 Å². The van der Waals surface area contributed by atoms with Crippen molar-refractivity contribution in [2.45, 2.75) is 26.2 Å². The lowest BCUT2D eigenvalue weighted by Gasteiger charge is -2.22. The second-order valence-electron chi connectivity index (χ2n) is 4.06. The van der Waals surface area contributed by atoms with Gasteiger partial charge in [-0.2, -0.15) is 0 Å². The van der Waals surface area contributed by atoms with Crippen LogP contribution >= 0.6 is 0 Å². The molecule has 0 N–H and O–H groups in total. The van der Waals surface area contributed by atoms with E-state index in [1.807, 2.05) is 18.2 Å². The largest absolute Gasteiger partial charge is 0.503 e. The average Bonchev–Trinajstić information content (AvgIpc) is 2.04. The van der Waals surface area contributed by atoms with E-state index in [9.17, 15) is 0 Å². The third-order valence-corrected chi connectivity index (χ3v) is 1.93. The molecule has 0 spiro atoms. The lowest BCUT2D eigenvalue weighted by Crippen LogP contribution is -2.13. The minimum atomic E-state index is 0.103. The lowest BCUT2D eigenvalue weighted by atomic mass is 9.86. The number of rotatable bonds is 2. The Morgan fingerprint density at radius 2 is 1.85 bits per heavy atom. The van der Waals surface area contributed by atoms with E-state index in [0.717, 1.165) is 5.75 Å². The van der Waals surface area contributed by atoms with Gasteiger partial charge in [-0.25, -0.2) is 0 Å². The number of para-hydroxylation sites is 1. The summed E-state index contributed by atoms with van der Waals surface area (Å²) in [5, 5.41) is 0. The molecule has 1 nitrogen and oxygen atoms in total. The summed E-state index contributed by atoms with van der Waals surface area (Å²) in [5.41, 5.74) is 1.30. The van der Waals surface area contributed by atoms with Gasteiger partial charge in [0.1, 0.15) is 13.6 Å². The van der Waals surface area contributed by atoms with Crippen molar-refractivity contribution in [2.24, 2.45) is 0 Å². The van der Waals surface area contributed by atoms with Crippen LogP contribution in [-0.2, 0) is 5.41 Å². The van der Waals surface area contributed by atoms with Crippen LogP contribution in [0.1, 0.15) is 26.3 Å². The van der Waals surface area contributed by atoms with Crippen molar-refractivity contribution in [1.29, 1.82) is 0 Å². The average molecular weight is 174 g/mol. The fraction of sp³-hybridized carbons (Fsp3) is 0.455. The first kappa shape index (κ1) is 10.2. The maximum absolute atomic E-state index is 5.35. The van der Waals surface area contributed by atoms with E-state index in [-0.39, 0.29) is 11.9 Å². The topological polar surface area (TPSA) is 9.23 Å². The van der Waals surface area contributed by atoms with Gasteiger partial charge in [-0.05, 0) is 17.0 Å². The zero-order valence-corrected chi connectivity index (χ0v) is 8.50. The van der Waals surface area contributed by atoms with Crippen molar-refractivity contribution in [1.82, 2.24) is 0 Å². The fourth-order valence-electron chi connectivity index (χ4n) is 1.30. The summed E-state index contributed by atoms with van der Waals surface area (Å²) in [6, 6.07) is 8.00. The Kier molecular flexibility index (Phi) is 3.02. The highest BCUT2D eigenvalue weighted by Crippen LogP contribution is 2.30. The normalized spacial score (nSPS) is 11.3. The Hall–Kier alpha value is -0.915. The molecule has 0 aromatic heterocycles. The summed E-state index contributed by atoms with van der Waals surface area (Å²) in [6.07, 6.45) is 0. The molecule has 0 heterocycles. The van der Waals surface area contributed by atoms with Crippen molar-refractivity contribution < 1.29 is 4.74 Å². The third kappa shape index (κ3) is 2.51. The van der Waals surface area contributed by atoms with Gasteiger partial charge in [0.05, 0.1) is 0 Å². The van der Waals surface area contributed by atoms with Gasteiger partial charge in [-0.1, -0.05) is 39.0 Å². The molecular weight excluding hydrogens is 159 g/mol. The quantitative estimate of drug-likeness (QED) is 0.626. The molecule has 0 aliphatic carbocycles. The summed E-state index contributed by atoms with van der Waals surface area (Å²) in [7, 11) is 5.35. The van der Waals surface area contributed by atoms with Gasteiger partial charge in [0.15, 0.2) is 0 Å². The molecule has 0 unspecified atom stereocenters. The monoisotopic (exact) mass is 174 g/mol. The summed E-state index contributed by atoms with van der Waals surface area (Å²) in [4.78, 5) is 0. The van der Waals surface area contributed by atoms with E-state index in [4.69, 9.17) is 12.6 Å². The van der Waals surface area contributed by atoms with Gasteiger partial charge in [-0.3, -0.25) is 0 Å². The molecule has 13 heavy (non-hydrogen) atoms. The van der Waals surface area contributed by atoms with Crippen LogP contribution in [0.3, 0.4) is 0 Å². The SMILES string of the molecule is [B]COc1ccccc1C(C)(C)C. The molecule has 0 saturated carbocycles. The highest BCUT2D eigenvalue weighted by molar-refractivity contribution is 6.08. The first-order chi connectivity index (χ1) is 6.05. The van der Waals surface area contributed by atoms with E-state index in [0.29, 0.717) is 0 Å². The third-order valence-electron chi connectivity index (χ3n) is 1.93. The van der Waals surface area contributed by atoms with Gasteiger partial charge in [0.25, 0.3) is 0 Å². The van der Waals surface area contributed by atoms with Crippen LogP contribution in [0.4, 0.5) is 0 Å². The Morgan fingerprint density at radius 3 is 2.38 bits per heavy atom. The minimum Gasteiger partial charge on any atom is -0.503 e. The maximum Gasteiger partial charge on any atom is 0.122 e. The Balaban J connectivity index is 3.05. The van der Waals surface area contributed by atoms with Crippen LogP contribution in [-0.4, -0.2) is 14.4 Å². The van der Waals surface area contributed by atoms with Crippen molar-refractivity contribution in [3.63, 3.8) is 0 Å². The first-order valence-corrected chi connectivity index (χ1v) is 4.48. The Morgan fingerprint density at radius 1 is 1.23 bits per heavy atom. The summed E-state index contributed by atoms with van der Waals surface area (Å²) >= 11 is 0. The minimum absolute atomic E-state index is 0.103. The highest BCUT2D eigenvalue weighted by Gasteiger charge is 2.17. The van der Waals surface area contributed by atoms with Gasteiger partial charge < -0.3 is 4.74 Å². The molecule has 2 heteroatoms. The fourth-order valence-corrected chi connectivity index (χ4v) is 1.30. The maximum atomic E-state index is 5.35. The molecule has 1 rings (SSSR count). The van der Waals surface area contributed by atoms with Crippen LogP contribution in [0.25, 0.3) is 0 Å². The van der Waals surface area contributed by atoms with Crippen LogP contribution in [0.5, 0.6) is 5.75 Å². The van der Waals surface area contributed by atoms with Crippen LogP contribution in [0, 0.1) is 0 Å². The van der Waals surface area contributed by atoms with Crippen molar-refractivity contribution in [2.75, 3.05) is 6.51 Å². The standard InChI is InChI=1S/C11H15BO/c1-11(2,3)9-6-4-5-7-10(9)13-8-12/h4-7H,8H2,1-3H3. The second-order valence-corrected chi connectivity index (χ2v) is 4.06. The smallest absolute Gasteiger partial charge is 0.122 e. The number of hydrogen-bond acceptors (Lipinski definition) is 1. The van der Waals surface area contributed by atoms with E-state index < -0.39 is 0 Å². The van der Waals surface area contributed by atoms with E-state index in [2.05, 4.69) is 26.8 Å². The molecule has 0 aliphatic rings. The molecular formula is C11H15BO. The molecule has 2 radical (unpaired) electrons. The molecule has 1 aromatic carbocycles. The summed E-state index contributed by atoms with van der Waals surface area (Å²) in [6.45, 7) is 6.70. The molecule has 0 aliphatic heterocycles. The van der Waals surface area contributed by atoms with Crippen molar-refractivity contribution in [3.8, 4) is 5.75 Å². The predicted octanol–water partition coefficient (Wildman–Crippen LogP) is 2.49. The number of hydrogen-bond donors (Lipinski definition) is 0. The van der Waals surface area contributed by atoms with Crippen molar-refractivity contribution in [3.05, 3.63) is 29.8 Å². The summed E-state index contributed by atoms with van der Waals surface area (Å²) < 4.78 is 5.34. The van der Waals surface area contributed by atoms with E-state index in [1.165, 1.54) is 5.56 Å². The first-order valence-electron chi connectivity index (χ1n) is 4.48. The number of benzene rings is 1. The predicted molar refractivity (Wildman–Crippen MR) is 56.4 cm³/mol. The van der Waals surface area contributed by atoms with E-state index in [1.54, 1.807) is 0 Å². The van der Waals surface area contributed by atoms with Crippen LogP contribution in [0.2, 0.25) is 0 Å². The van der Waals surface area contributed by atoms with Crippen LogP contribution < -0.4 is 4.74 Å². The Labute approximate surface area is 81.5 Å². The molecule has 0 atom stereocenters. The van der Waals surface area contributed by atoms with Gasteiger partial charge in [0, 0.05) is 6.51 Å². The van der Waals surface area contributed by atoms with Crippen molar-refractivity contribution >= 4 is 7.85 Å². The van der Waals surface area contributed by atoms with Gasteiger partial charge >= 0.3 is 0 Å². The second kappa shape index (κ2) is 3.86.